The standard InChI is InChI=1S/C26H28O2S/c1-14(2)26(15(3)4)28-23-12-20-21(13-24(23)29-26)25-18(11-22(20)27)8-7-17-10-16(5)6-9-19(17)25/h6,9-15,27H,7-8H2,1-5H3. The lowest BCUT2D eigenvalue weighted by Crippen LogP contribution is -2.40. The van der Waals surface area contributed by atoms with Crippen molar-refractivity contribution in [1.82, 2.24) is 0 Å². The maximum absolute atomic E-state index is 10.8. The van der Waals surface area contributed by atoms with Crippen molar-refractivity contribution in [2.24, 2.45) is 11.8 Å². The fourth-order valence-electron chi connectivity index (χ4n) is 5.09. The Hall–Kier alpha value is -2.13. The minimum absolute atomic E-state index is 0.260. The number of hydrogen-bond acceptors (Lipinski definition) is 3. The number of fused-ring (bicyclic) bond motifs is 6. The van der Waals surface area contributed by atoms with E-state index in [1.165, 1.54) is 32.7 Å². The van der Waals surface area contributed by atoms with Crippen molar-refractivity contribution in [3.05, 3.63) is 53.1 Å². The number of rotatable bonds is 2. The molecule has 1 N–H and O–H groups in total. The van der Waals surface area contributed by atoms with Crippen molar-refractivity contribution in [2.75, 3.05) is 0 Å². The van der Waals surface area contributed by atoms with E-state index in [1.54, 1.807) is 0 Å². The Morgan fingerprint density at radius 1 is 0.931 bits per heavy atom. The number of phenolic OH excluding ortho intramolecular Hbond substituents is 1. The Labute approximate surface area is 177 Å². The van der Waals surface area contributed by atoms with E-state index >= 15 is 0 Å². The van der Waals surface area contributed by atoms with Crippen molar-refractivity contribution in [2.45, 2.75) is 57.3 Å². The third-order valence-corrected chi connectivity index (χ3v) is 8.49. The van der Waals surface area contributed by atoms with Crippen molar-refractivity contribution in [1.29, 1.82) is 0 Å². The number of benzene rings is 3. The predicted molar refractivity (Wildman–Crippen MR) is 122 cm³/mol. The highest BCUT2D eigenvalue weighted by Gasteiger charge is 2.46. The molecular weight excluding hydrogens is 376 g/mol. The topological polar surface area (TPSA) is 29.5 Å². The zero-order valence-corrected chi connectivity index (χ0v) is 18.6. The van der Waals surface area contributed by atoms with Crippen LogP contribution < -0.4 is 4.74 Å². The summed E-state index contributed by atoms with van der Waals surface area (Å²) < 4.78 is 6.56. The maximum atomic E-state index is 10.8. The summed E-state index contributed by atoms with van der Waals surface area (Å²) in [6, 6.07) is 13.0. The molecule has 1 heterocycles. The minimum atomic E-state index is -0.260. The fourth-order valence-corrected chi connectivity index (χ4v) is 6.41. The van der Waals surface area contributed by atoms with Crippen LogP contribution in [0, 0.1) is 18.8 Å². The third kappa shape index (κ3) is 2.70. The van der Waals surface area contributed by atoms with Gasteiger partial charge in [-0.05, 0) is 65.6 Å². The van der Waals surface area contributed by atoms with Crippen LogP contribution in [0.5, 0.6) is 11.5 Å². The molecule has 150 valence electrons. The number of aromatic hydroxyl groups is 1. The number of ether oxygens (including phenoxy) is 1. The number of aryl methyl sites for hydroxylation is 3. The Bertz CT molecular complexity index is 1140. The van der Waals surface area contributed by atoms with Gasteiger partial charge in [0.2, 0.25) is 0 Å². The van der Waals surface area contributed by atoms with Gasteiger partial charge in [-0.15, -0.1) is 0 Å². The van der Waals surface area contributed by atoms with Crippen molar-refractivity contribution in [3.63, 3.8) is 0 Å². The van der Waals surface area contributed by atoms with Gasteiger partial charge in [0, 0.05) is 17.2 Å². The first-order valence-corrected chi connectivity index (χ1v) is 11.4. The van der Waals surface area contributed by atoms with Gasteiger partial charge in [0.05, 0.1) is 4.90 Å². The van der Waals surface area contributed by atoms with Gasteiger partial charge >= 0.3 is 0 Å². The van der Waals surface area contributed by atoms with Crippen molar-refractivity contribution < 1.29 is 9.84 Å². The molecular formula is C26H28O2S. The van der Waals surface area contributed by atoms with E-state index in [0.29, 0.717) is 17.6 Å². The molecule has 3 aromatic rings. The second kappa shape index (κ2) is 6.43. The lowest BCUT2D eigenvalue weighted by atomic mass is 9.82. The molecule has 3 aromatic carbocycles. The van der Waals surface area contributed by atoms with E-state index in [9.17, 15) is 5.11 Å². The van der Waals surface area contributed by atoms with E-state index < -0.39 is 0 Å². The predicted octanol–water partition coefficient (Wildman–Crippen LogP) is 7.11. The normalized spacial score (nSPS) is 16.7. The molecule has 0 aromatic heterocycles. The Kier molecular flexibility index (Phi) is 4.19. The number of hydrogen-bond donors (Lipinski definition) is 1. The summed E-state index contributed by atoms with van der Waals surface area (Å²) in [4.78, 5) is 0.927. The first-order chi connectivity index (χ1) is 13.8. The van der Waals surface area contributed by atoms with Gasteiger partial charge in [-0.2, -0.15) is 0 Å². The molecule has 2 aliphatic rings. The summed E-state index contributed by atoms with van der Waals surface area (Å²) in [5.41, 5.74) is 6.55. The van der Waals surface area contributed by atoms with Gasteiger partial charge in [0.25, 0.3) is 0 Å². The summed E-state index contributed by atoms with van der Waals surface area (Å²) in [6.07, 6.45) is 2.00. The SMILES string of the molecule is Cc1ccc2c(c1)CCc1cc(O)c3cc4c(cc3c1-2)SC(C(C)C)(C(C)C)O4. The molecule has 5 rings (SSSR count). The lowest BCUT2D eigenvalue weighted by Gasteiger charge is -2.35. The van der Waals surface area contributed by atoms with E-state index in [0.717, 1.165) is 29.4 Å². The number of thioether (sulfide) groups is 1. The molecule has 0 bridgehead atoms. The zero-order valence-electron chi connectivity index (χ0n) is 17.8. The molecule has 0 saturated heterocycles. The third-order valence-electron chi connectivity index (χ3n) is 6.60. The van der Waals surface area contributed by atoms with Crippen LogP contribution in [0.2, 0.25) is 0 Å². The first kappa shape index (κ1) is 18.9. The molecule has 0 unspecified atom stereocenters. The molecule has 3 heteroatoms. The van der Waals surface area contributed by atoms with Gasteiger partial charge < -0.3 is 9.84 Å². The summed E-state index contributed by atoms with van der Waals surface area (Å²) in [7, 11) is 0. The summed E-state index contributed by atoms with van der Waals surface area (Å²) in [6.45, 7) is 11.1. The molecule has 0 radical (unpaired) electrons. The minimum Gasteiger partial charge on any atom is -0.507 e. The lowest BCUT2D eigenvalue weighted by molar-refractivity contribution is 0.0757. The molecule has 2 nitrogen and oxygen atoms in total. The molecule has 1 aliphatic heterocycles. The average molecular weight is 405 g/mol. The first-order valence-electron chi connectivity index (χ1n) is 10.6. The molecule has 0 saturated carbocycles. The fraction of sp³-hybridized carbons (Fsp3) is 0.385. The van der Waals surface area contributed by atoms with E-state index in [-0.39, 0.29) is 4.93 Å². The second-order valence-corrected chi connectivity index (χ2v) is 10.5. The monoisotopic (exact) mass is 404 g/mol. The van der Waals surface area contributed by atoms with Crippen molar-refractivity contribution >= 4 is 22.5 Å². The Morgan fingerprint density at radius 2 is 1.66 bits per heavy atom. The maximum Gasteiger partial charge on any atom is 0.163 e. The van der Waals surface area contributed by atoms with Crippen LogP contribution in [0.4, 0.5) is 0 Å². The van der Waals surface area contributed by atoms with Gasteiger partial charge in [0.1, 0.15) is 11.5 Å². The Morgan fingerprint density at radius 3 is 2.38 bits per heavy atom. The molecule has 29 heavy (non-hydrogen) atoms. The van der Waals surface area contributed by atoms with E-state index in [2.05, 4.69) is 65.0 Å². The number of phenols is 1. The quantitative estimate of drug-likeness (QED) is 0.493. The van der Waals surface area contributed by atoms with E-state index in [4.69, 9.17) is 4.74 Å². The van der Waals surface area contributed by atoms with Crippen LogP contribution >= 0.6 is 11.8 Å². The highest BCUT2D eigenvalue weighted by atomic mass is 32.2. The Balaban J connectivity index is 1.76. The zero-order chi connectivity index (χ0) is 20.5. The molecule has 0 atom stereocenters. The van der Waals surface area contributed by atoms with Crippen LogP contribution in [0.15, 0.2) is 41.3 Å². The average Bonchev–Trinajstić information content (AvgIpc) is 3.06. The van der Waals surface area contributed by atoms with Crippen LogP contribution in [0.25, 0.3) is 21.9 Å². The molecule has 0 spiro atoms. The second-order valence-electron chi connectivity index (χ2n) is 9.17. The van der Waals surface area contributed by atoms with Gasteiger partial charge in [0.15, 0.2) is 4.93 Å². The van der Waals surface area contributed by atoms with Gasteiger partial charge in [-0.1, -0.05) is 63.2 Å². The van der Waals surface area contributed by atoms with Crippen LogP contribution in [-0.4, -0.2) is 10.0 Å². The molecule has 0 fully saturated rings. The summed E-state index contributed by atoms with van der Waals surface area (Å²) in [5.74, 6) is 2.03. The van der Waals surface area contributed by atoms with Gasteiger partial charge in [-0.3, -0.25) is 0 Å². The smallest absolute Gasteiger partial charge is 0.163 e. The van der Waals surface area contributed by atoms with Crippen molar-refractivity contribution in [3.8, 4) is 22.6 Å². The van der Waals surface area contributed by atoms with Gasteiger partial charge in [-0.25, -0.2) is 0 Å². The van der Waals surface area contributed by atoms with Crippen LogP contribution in [0.1, 0.15) is 44.4 Å². The largest absolute Gasteiger partial charge is 0.507 e. The summed E-state index contributed by atoms with van der Waals surface area (Å²) >= 11 is 1.85. The summed E-state index contributed by atoms with van der Waals surface area (Å²) in [5, 5.41) is 12.9. The molecule has 0 amide bonds. The highest BCUT2D eigenvalue weighted by molar-refractivity contribution is 8.01. The van der Waals surface area contributed by atoms with E-state index in [1.807, 2.05) is 17.8 Å². The van der Waals surface area contributed by atoms with Crippen LogP contribution in [-0.2, 0) is 12.8 Å². The van der Waals surface area contributed by atoms with Crippen LogP contribution in [0.3, 0.4) is 0 Å². The molecule has 1 aliphatic carbocycles. The highest BCUT2D eigenvalue weighted by Crippen LogP contribution is 2.56.